The Bertz CT molecular complexity index is 212. The first-order valence-electron chi connectivity index (χ1n) is 4.75. The summed E-state index contributed by atoms with van der Waals surface area (Å²) in [6.45, 7) is 2.03. The highest BCUT2D eigenvalue weighted by Gasteiger charge is 2.42. The van der Waals surface area contributed by atoms with Crippen LogP contribution in [-0.4, -0.2) is 26.2 Å². The average Bonchev–Trinajstić information content (AvgIpc) is 2.58. The highest BCUT2D eigenvalue weighted by molar-refractivity contribution is 5.82. The summed E-state index contributed by atoms with van der Waals surface area (Å²) >= 11 is 0. The Morgan fingerprint density at radius 2 is 1.36 bits per heavy atom. The van der Waals surface area contributed by atoms with Gasteiger partial charge in [0.1, 0.15) is 0 Å². The minimum Gasteiger partial charge on any atom is -0.469 e. The average molecular weight is 200 g/mol. The van der Waals surface area contributed by atoms with E-state index in [1.54, 1.807) is 0 Å². The molecule has 1 saturated carbocycles. The number of hydrogen-bond acceptors (Lipinski definition) is 4. The van der Waals surface area contributed by atoms with Crippen LogP contribution in [0.4, 0.5) is 0 Å². The van der Waals surface area contributed by atoms with E-state index in [1.807, 2.05) is 6.92 Å². The molecule has 0 aliphatic heterocycles. The number of esters is 2. The van der Waals surface area contributed by atoms with Crippen LogP contribution in [0.1, 0.15) is 19.8 Å². The van der Waals surface area contributed by atoms with E-state index >= 15 is 0 Å². The van der Waals surface area contributed by atoms with Crippen molar-refractivity contribution >= 4 is 11.9 Å². The van der Waals surface area contributed by atoms with Gasteiger partial charge in [-0.1, -0.05) is 6.92 Å². The van der Waals surface area contributed by atoms with Crippen molar-refractivity contribution < 1.29 is 19.1 Å². The number of hydrogen-bond donors (Lipinski definition) is 0. The summed E-state index contributed by atoms with van der Waals surface area (Å²) in [5.41, 5.74) is 0. The zero-order valence-electron chi connectivity index (χ0n) is 8.78. The quantitative estimate of drug-likeness (QED) is 0.624. The second kappa shape index (κ2) is 4.44. The standard InChI is InChI=1S/C10H16O4/c1-6-4-7(9(11)13-2)8(5-6)10(12)14-3/h6-8H,4-5H2,1-3H3. The van der Waals surface area contributed by atoms with E-state index in [9.17, 15) is 9.59 Å². The summed E-state index contributed by atoms with van der Waals surface area (Å²) in [5, 5.41) is 0. The van der Waals surface area contributed by atoms with Gasteiger partial charge < -0.3 is 9.47 Å². The Labute approximate surface area is 83.6 Å². The van der Waals surface area contributed by atoms with E-state index in [-0.39, 0.29) is 23.8 Å². The van der Waals surface area contributed by atoms with Gasteiger partial charge in [0.2, 0.25) is 0 Å². The molecule has 0 bridgehead atoms. The summed E-state index contributed by atoms with van der Waals surface area (Å²) in [7, 11) is 2.69. The maximum atomic E-state index is 11.4. The van der Waals surface area contributed by atoms with Gasteiger partial charge in [0.05, 0.1) is 26.1 Å². The number of methoxy groups -OCH3 is 2. The zero-order valence-corrected chi connectivity index (χ0v) is 8.78. The molecule has 4 heteroatoms. The summed E-state index contributed by atoms with van der Waals surface area (Å²) < 4.78 is 9.32. The fourth-order valence-corrected chi connectivity index (χ4v) is 2.12. The van der Waals surface area contributed by atoms with Gasteiger partial charge in [-0.15, -0.1) is 0 Å². The second-order valence-electron chi connectivity index (χ2n) is 3.84. The van der Waals surface area contributed by atoms with E-state index in [0.717, 1.165) is 0 Å². The van der Waals surface area contributed by atoms with Crippen LogP contribution >= 0.6 is 0 Å². The Morgan fingerprint density at radius 3 is 1.64 bits per heavy atom. The maximum absolute atomic E-state index is 11.4. The first-order valence-corrected chi connectivity index (χ1v) is 4.75. The van der Waals surface area contributed by atoms with Gasteiger partial charge >= 0.3 is 11.9 Å². The third-order valence-electron chi connectivity index (χ3n) is 2.81. The lowest BCUT2D eigenvalue weighted by Gasteiger charge is -2.14. The molecule has 0 saturated heterocycles. The number of carbonyl (C=O) groups is 2. The van der Waals surface area contributed by atoms with Crippen molar-refractivity contribution in [3.05, 3.63) is 0 Å². The predicted molar refractivity (Wildman–Crippen MR) is 49.4 cm³/mol. The van der Waals surface area contributed by atoms with Crippen LogP contribution in [0.25, 0.3) is 0 Å². The molecule has 0 N–H and O–H groups in total. The van der Waals surface area contributed by atoms with E-state index in [1.165, 1.54) is 14.2 Å². The molecule has 0 aromatic carbocycles. The highest BCUT2D eigenvalue weighted by Crippen LogP contribution is 2.37. The predicted octanol–water partition coefficient (Wildman–Crippen LogP) is 0.995. The van der Waals surface area contributed by atoms with Crippen LogP contribution in [-0.2, 0) is 19.1 Å². The lowest BCUT2D eigenvalue weighted by molar-refractivity contribution is -0.156. The van der Waals surface area contributed by atoms with Gasteiger partial charge in [-0.3, -0.25) is 9.59 Å². The molecule has 0 radical (unpaired) electrons. The molecule has 0 aromatic heterocycles. The van der Waals surface area contributed by atoms with Crippen molar-refractivity contribution in [2.45, 2.75) is 19.8 Å². The highest BCUT2D eigenvalue weighted by atomic mass is 16.5. The first-order chi connectivity index (χ1) is 6.60. The third kappa shape index (κ3) is 2.05. The van der Waals surface area contributed by atoms with Gasteiger partial charge in [0.15, 0.2) is 0 Å². The van der Waals surface area contributed by atoms with Crippen LogP contribution < -0.4 is 0 Å². The summed E-state index contributed by atoms with van der Waals surface area (Å²) in [6.07, 6.45) is 1.43. The normalized spacial score (nSPS) is 31.2. The van der Waals surface area contributed by atoms with Crippen molar-refractivity contribution in [3.8, 4) is 0 Å². The van der Waals surface area contributed by atoms with Gasteiger partial charge in [-0.05, 0) is 18.8 Å². The molecule has 1 fully saturated rings. The Balaban J connectivity index is 2.72. The first kappa shape index (κ1) is 11.0. The van der Waals surface area contributed by atoms with Crippen molar-refractivity contribution in [2.24, 2.45) is 17.8 Å². The van der Waals surface area contributed by atoms with Crippen LogP contribution in [0.3, 0.4) is 0 Å². The van der Waals surface area contributed by atoms with Crippen LogP contribution in [0, 0.1) is 17.8 Å². The Kier molecular flexibility index (Phi) is 3.49. The molecule has 2 unspecified atom stereocenters. The van der Waals surface area contributed by atoms with Gasteiger partial charge in [-0.2, -0.15) is 0 Å². The summed E-state index contributed by atoms with van der Waals surface area (Å²) in [5.74, 6) is -0.859. The molecule has 0 amide bonds. The van der Waals surface area contributed by atoms with Crippen molar-refractivity contribution in [2.75, 3.05) is 14.2 Å². The van der Waals surface area contributed by atoms with E-state index < -0.39 is 0 Å². The van der Waals surface area contributed by atoms with E-state index in [4.69, 9.17) is 0 Å². The van der Waals surface area contributed by atoms with Crippen LogP contribution in [0.2, 0.25) is 0 Å². The fourth-order valence-electron chi connectivity index (χ4n) is 2.12. The van der Waals surface area contributed by atoms with Crippen molar-refractivity contribution in [3.63, 3.8) is 0 Å². The largest absolute Gasteiger partial charge is 0.469 e. The van der Waals surface area contributed by atoms with Gasteiger partial charge in [0.25, 0.3) is 0 Å². The second-order valence-corrected chi connectivity index (χ2v) is 3.84. The van der Waals surface area contributed by atoms with Crippen molar-refractivity contribution in [1.82, 2.24) is 0 Å². The van der Waals surface area contributed by atoms with Crippen LogP contribution in [0.5, 0.6) is 0 Å². The van der Waals surface area contributed by atoms with Crippen LogP contribution in [0.15, 0.2) is 0 Å². The number of carbonyl (C=O) groups excluding carboxylic acids is 2. The van der Waals surface area contributed by atoms with E-state index in [2.05, 4.69) is 9.47 Å². The lowest BCUT2D eigenvalue weighted by atomic mass is 9.96. The molecule has 4 nitrogen and oxygen atoms in total. The minimum atomic E-state index is -0.317. The lowest BCUT2D eigenvalue weighted by Crippen LogP contribution is -2.27. The topological polar surface area (TPSA) is 52.6 Å². The molecule has 1 aliphatic carbocycles. The molecule has 1 rings (SSSR count). The minimum absolute atomic E-state index is 0.301. The van der Waals surface area contributed by atoms with Crippen molar-refractivity contribution in [1.29, 1.82) is 0 Å². The molecular weight excluding hydrogens is 184 g/mol. The number of rotatable bonds is 2. The third-order valence-corrected chi connectivity index (χ3v) is 2.81. The molecular formula is C10H16O4. The smallest absolute Gasteiger partial charge is 0.309 e. The zero-order chi connectivity index (χ0) is 10.7. The Hall–Kier alpha value is -1.06. The number of ether oxygens (including phenoxy) is 2. The molecule has 1 aliphatic rings. The SMILES string of the molecule is COC(=O)C1CC(C)CC1C(=O)OC. The van der Waals surface area contributed by atoms with Gasteiger partial charge in [-0.25, -0.2) is 0 Å². The maximum Gasteiger partial charge on any atom is 0.309 e. The van der Waals surface area contributed by atoms with Gasteiger partial charge in [0, 0.05) is 0 Å². The summed E-state index contributed by atoms with van der Waals surface area (Å²) in [4.78, 5) is 22.7. The van der Waals surface area contributed by atoms with E-state index in [0.29, 0.717) is 18.8 Å². The molecule has 0 spiro atoms. The molecule has 80 valence electrons. The molecule has 0 aromatic rings. The molecule has 0 heterocycles. The fraction of sp³-hybridized carbons (Fsp3) is 0.800. The Morgan fingerprint density at radius 1 is 1.00 bits per heavy atom. The summed E-state index contributed by atoms with van der Waals surface area (Å²) in [6, 6.07) is 0. The molecule has 2 atom stereocenters. The monoisotopic (exact) mass is 200 g/mol. The molecule has 14 heavy (non-hydrogen) atoms.